The van der Waals surface area contributed by atoms with Crippen LogP contribution in [0.5, 0.6) is 5.75 Å². The van der Waals surface area contributed by atoms with Crippen molar-refractivity contribution in [1.29, 1.82) is 0 Å². The molecule has 5 heteroatoms. The summed E-state index contributed by atoms with van der Waals surface area (Å²) in [6.07, 6.45) is 0. The Morgan fingerprint density at radius 1 is 1.40 bits per heavy atom. The van der Waals surface area contributed by atoms with Crippen LogP contribution >= 0.6 is 0 Å². The van der Waals surface area contributed by atoms with E-state index in [-0.39, 0.29) is 12.4 Å². The van der Waals surface area contributed by atoms with Gasteiger partial charge in [0.15, 0.2) is 0 Å². The van der Waals surface area contributed by atoms with Crippen LogP contribution in [0.4, 0.5) is 4.39 Å². The molecule has 0 saturated heterocycles. The predicted molar refractivity (Wildman–Crippen MR) is 52.0 cm³/mol. The Hall–Kier alpha value is -1.62. The van der Waals surface area contributed by atoms with Gasteiger partial charge in [-0.25, -0.2) is 4.39 Å². The number of ether oxygens (including phenoxy) is 1. The lowest BCUT2D eigenvalue weighted by molar-refractivity contribution is -0.123. The summed E-state index contributed by atoms with van der Waals surface area (Å²) in [6.45, 7) is 0.0463. The van der Waals surface area contributed by atoms with E-state index in [0.717, 1.165) is 0 Å². The minimum atomic E-state index is -0.531. The van der Waals surface area contributed by atoms with Crippen molar-refractivity contribution in [3.05, 3.63) is 30.1 Å². The van der Waals surface area contributed by atoms with Crippen molar-refractivity contribution in [2.45, 2.75) is 0 Å². The number of hydrogen-bond acceptors (Lipinski definition) is 3. The maximum Gasteiger partial charge on any atom is 0.245 e. The number of rotatable bonds is 5. The molecular weight excluding hydrogens is 201 g/mol. The average Bonchev–Trinajstić information content (AvgIpc) is 2.26. The first-order chi connectivity index (χ1) is 7.22. The van der Waals surface area contributed by atoms with E-state index in [0.29, 0.717) is 12.3 Å². The predicted octanol–water partition coefficient (Wildman–Crippen LogP) is 0.313. The molecule has 1 amide bonds. The maximum absolute atomic E-state index is 12.5. The molecule has 0 fully saturated rings. The zero-order valence-electron chi connectivity index (χ0n) is 8.07. The van der Waals surface area contributed by atoms with Crippen LogP contribution in [-0.4, -0.2) is 30.8 Å². The van der Waals surface area contributed by atoms with Gasteiger partial charge in [0, 0.05) is 0 Å². The molecule has 0 atom stereocenters. The van der Waals surface area contributed by atoms with Crippen LogP contribution < -0.4 is 10.1 Å². The van der Waals surface area contributed by atoms with E-state index >= 15 is 0 Å². The van der Waals surface area contributed by atoms with Gasteiger partial charge in [-0.15, -0.1) is 0 Å². The van der Waals surface area contributed by atoms with Crippen LogP contribution in [-0.2, 0) is 4.79 Å². The van der Waals surface area contributed by atoms with E-state index in [1.54, 1.807) is 0 Å². The highest BCUT2D eigenvalue weighted by atomic mass is 19.1. The van der Waals surface area contributed by atoms with Crippen molar-refractivity contribution in [3.63, 3.8) is 0 Å². The maximum atomic E-state index is 12.5. The second kappa shape index (κ2) is 5.98. The Kier molecular flexibility index (Phi) is 4.56. The summed E-state index contributed by atoms with van der Waals surface area (Å²) >= 11 is 0. The van der Waals surface area contributed by atoms with E-state index in [9.17, 15) is 9.18 Å². The van der Waals surface area contributed by atoms with Gasteiger partial charge in [0.1, 0.15) is 24.8 Å². The number of carbonyl (C=O) groups excluding carboxylic acids is 1. The van der Waals surface area contributed by atoms with Gasteiger partial charge in [-0.05, 0) is 24.3 Å². The molecule has 0 heterocycles. The SMILES string of the molecule is O=C(CO)NCCOc1ccc(F)cc1. The highest BCUT2D eigenvalue weighted by Crippen LogP contribution is 2.10. The van der Waals surface area contributed by atoms with Gasteiger partial charge in [0.05, 0.1) is 6.54 Å². The Balaban J connectivity index is 2.20. The molecule has 0 radical (unpaired) electrons. The van der Waals surface area contributed by atoms with E-state index in [1.165, 1.54) is 24.3 Å². The quantitative estimate of drug-likeness (QED) is 0.692. The van der Waals surface area contributed by atoms with Crippen molar-refractivity contribution in [2.24, 2.45) is 0 Å². The third kappa shape index (κ3) is 4.42. The first-order valence-electron chi connectivity index (χ1n) is 4.48. The van der Waals surface area contributed by atoms with Crippen LogP contribution in [0.3, 0.4) is 0 Å². The van der Waals surface area contributed by atoms with E-state index in [4.69, 9.17) is 9.84 Å². The summed E-state index contributed by atoms with van der Waals surface area (Å²) in [5.41, 5.74) is 0. The zero-order chi connectivity index (χ0) is 11.1. The number of carbonyl (C=O) groups is 1. The van der Waals surface area contributed by atoms with Crippen LogP contribution in [0.2, 0.25) is 0 Å². The molecule has 0 aliphatic rings. The number of nitrogens with one attached hydrogen (secondary N) is 1. The molecule has 0 unspecified atom stereocenters. The van der Waals surface area contributed by atoms with Gasteiger partial charge in [-0.2, -0.15) is 0 Å². The van der Waals surface area contributed by atoms with Gasteiger partial charge in [0.2, 0.25) is 5.91 Å². The van der Waals surface area contributed by atoms with E-state index in [2.05, 4.69) is 5.32 Å². The number of aliphatic hydroxyl groups is 1. The Morgan fingerprint density at radius 3 is 2.67 bits per heavy atom. The molecule has 0 aliphatic carbocycles. The lowest BCUT2D eigenvalue weighted by atomic mass is 10.3. The van der Waals surface area contributed by atoms with Gasteiger partial charge < -0.3 is 15.2 Å². The molecule has 0 aromatic heterocycles. The van der Waals surface area contributed by atoms with Crippen molar-refractivity contribution in [1.82, 2.24) is 5.32 Å². The zero-order valence-corrected chi connectivity index (χ0v) is 8.07. The summed E-state index contributed by atoms with van der Waals surface area (Å²) < 4.78 is 17.7. The molecule has 4 nitrogen and oxygen atoms in total. The number of benzene rings is 1. The molecule has 1 aromatic carbocycles. The summed E-state index contributed by atoms with van der Waals surface area (Å²) in [5.74, 6) is -0.233. The fraction of sp³-hybridized carbons (Fsp3) is 0.300. The fourth-order valence-electron chi connectivity index (χ4n) is 0.946. The van der Waals surface area contributed by atoms with Crippen molar-refractivity contribution in [3.8, 4) is 5.75 Å². The highest BCUT2D eigenvalue weighted by molar-refractivity contribution is 5.76. The molecular formula is C10H12FNO3. The molecule has 0 saturated carbocycles. The average molecular weight is 213 g/mol. The van der Waals surface area contributed by atoms with Gasteiger partial charge in [-0.3, -0.25) is 4.79 Å². The Labute approximate surface area is 86.7 Å². The number of hydrogen-bond donors (Lipinski definition) is 2. The minimum absolute atomic E-state index is 0.275. The summed E-state index contributed by atoms with van der Waals surface area (Å²) in [4.78, 5) is 10.6. The first kappa shape index (κ1) is 11.5. The van der Waals surface area contributed by atoms with Gasteiger partial charge in [0.25, 0.3) is 0 Å². The second-order valence-electron chi connectivity index (χ2n) is 2.81. The Bertz CT molecular complexity index is 313. The largest absolute Gasteiger partial charge is 0.492 e. The van der Waals surface area contributed by atoms with Gasteiger partial charge in [-0.1, -0.05) is 0 Å². The Morgan fingerprint density at radius 2 is 2.07 bits per heavy atom. The topological polar surface area (TPSA) is 58.6 Å². The minimum Gasteiger partial charge on any atom is -0.492 e. The van der Waals surface area contributed by atoms with Crippen molar-refractivity contribution >= 4 is 5.91 Å². The van der Waals surface area contributed by atoms with E-state index in [1.807, 2.05) is 0 Å². The number of halogens is 1. The molecule has 1 aromatic rings. The summed E-state index contributed by atoms with van der Waals surface area (Å²) in [6, 6.07) is 5.59. The number of amides is 1. The van der Waals surface area contributed by atoms with Crippen LogP contribution in [0.25, 0.3) is 0 Å². The van der Waals surface area contributed by atoms with Crippen LogP contribution in [0, 0.1) is 5.82 Å². The third-order valence-corrected chi connectivity index (χ3v) is 1.65. The molecule has 1 rings (SSSR count). The third-order valence-electron chi connectivity index (χ3n) is 1.65. The first-order valence-corrected chi connectivity index (χ1v) is 4.48. The van der Waals surface area contributed by atoms with E-state index < -0.39 is 12.5 Å². The molecule has 0 bridgehead atoms. The molecule has 0 spiro atoms. The molecule has 15 heavy (non-hydrogen) atoms. The lowest BCUT2D eigenvalue weighted by Crippen LogP contribution is -2.30. The standard InChI is InChI=1S/C10H12FNO3/c11-8-1-3-9(4-2-8)15-6-5-12-10(14)7-13/h1-4,13H,5-7H2,(H,12,14). The molecule has 82 valence electrons. The van der Waals surface area contributed by atoms with Crippen LogP contribution in [0.1, 0.15) is 0 Å². The lowest BCUT2D eigenvalue weighted by Gasteiger charge is -2.06. The molecule has 2 N–H and O–H groups in total. The number of aliphatic hydroxyl groups excluding tert-OH is 1. The normalized spacial score (nSPS) is 9.73. The molecule has 0 aliphatic heterocycles. The van der Waals surface area contributed by atoms with Crippen LogP contribution in [0.15, 0.2) is 24.3 Å². The summed E-state index contributed by atoms with van der Waals surface area (Å²) in [7, 11) is 0. The van der Waals surface area contributed by atoms with Crippen molar-refractivity contribution < 1.29 is 19.0 Å². The van der Waals surface area contributed by atoms with Gasteiger partial charge >= 0.3 is 0 Å². The second-order valence-corrected chi connectivity index (χ2v) is 2.81. The monoisotopic (exact) mass is 213 g/mol. The van der Waals surface area contributed by atoms with Crippen molar-refractivity contribution in [2.75, 3.05) is 19.8 Å². The fourth-order valence-corrected chi connectivity index (χ4v) is 0.946. The summed E-state index contributed by atoms with van der Waals surface area (Å²) in [5, 5.41) is 10.8. The smallest absolute Gasteiger partial charge is 0.245 e. The highest BCUT2D eigenvalue weighted by Gasteiger charge is 1.97.